The summed E-state index contributed by atoms with van der Waals surface area (Å²) in [6.45, 7) is 2.13. The second-order valence-electron chi connectivity index (χ2n) is 9.98. The van der Waals surface area contributed by atoms with Crippen LogP contribution in [-0.4, -0.2) is 28.2 Å². The third-order valence-electron chi connectivity index (χ3n) is 7.74. The lowest BCUT2D eigenvalue weighted by Crippen LogP contribution is -2.42. The van der Waals surface area contributed by atoms with Gasteiger partial charge in [0, 0.05) is 48.7 Å². The van der Waals surface area contributed by atoms with Gasteiger partial charge in [-0.3, -0.25) is 9.97 Å². The molecule has 1 aliphatic heterocycles. The Kier molecular flexibility index (Phi) is 4.56. The van der Waals surface area contributed by atoms with Crippen molar-refractivity contribution in [3.63, 3.8) is 0 Å². The zero-order valence-corrected chi connectivity index (χ0v) is 19.6. The molecular weight excluding hydrogens is 444 g/mol. The first-order valence-corrected chi connectivity index (χ1v) is 12.5. The number of allylic oxidation sites excluding steroid dienone is 2. The average molecular weight is 469 g/mol. The predicted octanol–water partition coefficient (Wildman–Crippen LogP) is 6.89. The van der Waals surface area contributed by atoms with Crippen molar-refractivity contribution in [2.45, 2.75) is 38.0 Å². The van der Waals surface area contributed by atoms with Gasteiger partial charge in [0.25, 0.3) is 0 Å². The lowest BCUT2D eigenvalue weighted by Gasteiger charge is -2.47. The molecule has 4 aromatic rings. The minimum atomic E-state index is 0.271. The molecule has 0 N–H and O–H groups in total. The standard InChI is InChI=1S/C28H25ClN4O/c29-23-2-1-10-31-25(23)26-24(27(34-32-26)19-3-4-19)21-15-28(16-21)8-12-33(13-9-28)22-6-5-18-7-11-30-17-20(18)14-22/h1-2,5-7,10-11,14-15,17,19H,3-4,8-9,12-13,16H2. The maximum Gasteiger partial charge on any atom is 0.147 e. The number of aromatic nitrogens is 3. The summed E-state index contributed by atoms with van der Waals surface area (Å²) in [6.07, 6.45) is 13.8. The van der Waals surface area contributed by atoms with E-state index in [0.29, 0.717) is 10.9 Å². The maximum atomic E-state index is 6.48. The van der Waals surface area contributed by atoms with Gasteiger partial charge in [-0.2, -0.15) is 0 Å². The Bertz CT molecular complexity index is 1430. The van der Waals surface area contributed by atoms with Gasteiger partial charge >= 0.3 is 0 Å². The normalized spacial score (nSPS) is 19.3. The van der Waals surface area contributed by atoms with Crippen LogP contribution < -0.4 is 4.90 Å². The fourth-order valence-corrected chi connectivity index (χ4v) is 5.85. The van der Waals surface area contributed by atoms with Gasteiger partial charge in [0.2, 0.25) is 0 Å². The highest BCUT2D eigenvalue weighted by Crippen LogP contribution is 2.55. The van der Waals surface area contributed by atoms with E-state index < -0.39 is 0 Å². The van der Waals surface area contributed by atoms with Gasteiger partial charge in [0.1, 0.15) is 17.1 Å². The van der Waals surface area contributed by atoms with Crippen molar-refractivity contribution in [3.8, 4) is 11.4 Å². The zero-order valence-electron chi connectivity index (χ0n) is 18.9. The first-order valence-electron chi connectivity index (χ1n) is 12.1. The largest absolute Gasteiger partial charge is 0.371 e. The van der Waals surface area contributed by atoms with Crippen molar-refractivity contribution in [1.82, 2.24) is 15.1 Å². The lowest BCUT2D eigenvalue weighted by molar-refractivity contribution is 0.277. The van der Waals surface area contributed by atoms with Gasteiger partial charge in [0.05, 0.1) is 10.6 Å². The number of halogens is 1. The molecule has 5 nitrogen and oxygen atoms in total. The Labute approximate surface area is 203 Å². The molecule has 1 saturated heterocycles. The van der Waals surface area contributed by atoms with E-state index in [9.17, 15) is 0 Å². The fourth-order valence-electron chi connectivity index (χ4n) is 5.64. The van der Waals surface area contributed by atoms with Crippen molar-refractivity contribution < 1.29 is 4.52 Å². The summed E-state index contributed by atoms with van der Waals surface area (Å²) in [4.78, 5) is 11.3. The van der Waals surface area contributed by atoms with E-state index in [1.807, 2.05) is 24.5 Å². The molecular formula is C28H25ClN4O. The number of fused-ring (bicyclic) bond motifs is 1. The van der Waals surface area contributed by atoms with E-state index >= 15 is 0 Å². The number of hydrogen-bond acceptors (Lipinski definition) is 5. The van der Waals surface area contributed by atoms with Crippen LogP contribution in [0.5, 0.6) is 0 Å². The number of benzene rings is 1. The molecule has 7 rings (SSSR count). The molecule has 0 atom stereocenters. The Morgan fingerprint density at radius 3 is 2.65 bits per heavy atom. The number of pyridine rings is 2. The van der Waals surface area contributed by atoms with Crippen LogP contribution in [0.25, 0.3) is 27.7 Å². The molecule has 3 aromatic heterocycles. The summed E-state index contributed by atoms with van der Waals surface area (Å²) in [5.41, 5.74) is 5.59. The molecule has 1 aromatic carbocycles. The molecule has 1 saturated carbocycles. The van der Waals surface area contributed by atoms with Crippen LogP contribution in [0.2, 0.25) is 5.02 Å². The van der Waals surface area contributed by atoms with Crippen LogP contribution >= 0.6 is 11.6 Å². The van der Waals surface area contributed by atoms with Gasteiger partial charge in [-0.15, -0.1) is 0 Å². The lowest BCUT2D eigenvalue weighted by atomic mass is 9.63. The number of hydrogen-bond donors (Lipinski definition) is 0. The summed E-state index contributed by atoms with van der Waals surface area (Å²) < 4.78 is 5.87. The predicted molar refractivity (Wildman–Crippen MR) is 135 cm³/mol. The average Bonchev–Trinajstić information content (AvgIpc) is 3.61. The molecule has 170 valence electrons. The van der Waals surface area contributed by atoms with Crippen LogP contribution in [0, 0.1) is 5.41 Å². The minimum absolute atomic E-state index is 0.271. The first-order chi connectivity index (χ1) is 16.7. The second kappa shape index (κ2) is 7.67. The molecule has 6 heteroatoms. The maximum absolute atomic E-state index is 6.48. The second-order valence-corrected chi connectivity index (χ2v) is 10.4. The van der Waals surface area contributed by atoms with Crippen molar-refractivity contribution in [2.24, 2.45) is 5.41 Å². The summed E-state index contributed by atoms with van der Waals surface area (Å²) in [7, 11) is 0. The number of nitrogens with zero attached hydrogens (tertiary/aromatic N) is 4. The van der Waals surface area contributed by atoms with E-state index in [-0.39, 0.29) is 5.41 Å². The molecule has 2 aliphatic carbocycles. The molecule has 0 radical (unpaired) electrons. The van der Waals surface area contributed by atoms with E-state index in [4.69, 9.17) is 16.1 Å². The Balaban J connectivity index is 1.15. The number of piperidine rings is 1. The summed E-state index contributed by atoms with van der Waals surface area (Å²) >= 11 is 6.48. The van der Waals surface area contributed by atoms with E-state index in [0.717, 1.165) is 55.1 Å². The van der Waals surface area contributed by atoms with Crippen LogP contribution in [0.3, 0.4) is 0 Å². The van der Waals surface area contributed by atoms with Crippen LogP contribution in [0.4, 0.5) is 5.69 Å². The summed E-state index contributed by atoms with van der Waals surface area (Å²) in [5.74, 6) is 1.51. The molecule has 4 heterocycles. The molecule has 3 aliphatic rings. The number of anilines is 1. The Hall–Kier alpha value is -3.18. The highest BCUT2D eigenvalue weighted by atomic mass is 35.5. The van der Waals surface area contributed by atoms with Crippen molar-refractivity contribution in [3.05, 3.63) is 77.4 Å². The molecule has 2 fully saturated rings. The smallest absolute Gasteiger partial charge is 0.147 e. The third-order valence-corrected chi connectivity index (χ3v) is 8.05. The van der Waals surface area contributed by atoms with Crippen LogP contribution in [-0.2, 0) is 0 Å². The van der Waals surface area contributed by atoms with Crippen LogP contribution in [0.1, 0.15) is 49.3 Å². The van der Waals surface area contributed by atoms with Crippen molar-refractivity contribution >= 4 is 33.6 Å². The third kappa shape index (κ3) is 3.33. The quantitative estimate of drug-likeness (QED) is 0.326. The number of rotatable bonds is 4. The molecule has 0 bridgehead atoms. The highest BCUT2D eigenvalue weighted by Gasteiger charge is 2.44. The molecule has 34 heavy (non-hydrogen) atoms. The first kappa shape index (κ1) is 20.2. The molecule has 0 amide bonds. The van der Waals surface area contributed by atoms with Crippen LogP contribution in [0.15, 0.2) is 65.6 Å². The van der Waals surface area contributed by atoms with E-state index in [2.05, 4.69) is 50.4 Å². The summed E-state index contributed by atoms with van der Waals surface area (Å²) in [6, 6.07) is 12.5. The topological polar surface area (TPSA) is 55.1 Å². The summed E-state index contributed by atoms with van der Waals surface area (Å²) in [5, 5.41) is 7.50. The Morgan fingerprint density at radius 1 is 1.00 bits per heavy atom. The van der Waals surface area contributed by atoms with E-state index in [1.165, 1.54) is 34.9 Å². The van der Waals surface area contributed by atoms with Crippen molar-refractivity contribution in [2.75, 3.05) is 18.0 Å². The van der Waals surface area contributed by atoms with Gasteiger partial charge < -0.3 is 9.42 Å². The highest BCUT2D eigenvalue weighted by molar-refractivity contribution is 6.33. The zero-order chi connectivity index (χ0) is 22.7. The van der Waals surface area contributed by atoms with E-state index in [1.54, 1.807) is 6.20 Å². The fraction of sp³-hybridized carbons (Fsp3) is 0.321. The van der Waals surface area contributed by atoms with Gasteiger partial charge in [-0.1, -0.05) is 28.9 Å². The Morgan fingerprint density at radius 2 is 1.85 bits per heavy atom. The van der Waals surface area contributed by atoms with Gasteiger partial charge in [0.15, 0.2) is 0 Å². The van der Waals surface area contributed by atoms with Gasteiger partial charge in [-0.05, 0) is 78.8 Å². The monoisotopic (exact) mass is 468 g/mol. The SMILES string of the molecule is Clc1cccnc1-c1noc(C2CC2)c1C1=CC2(CCN(c3ccc4ccncc4c3)CC2)C1. The minimum Gasteiger partial charge on any atom is -0.371 e. The molecule has 0 unspecified atom stereocenters. The molecule has 1 spiro atoms. The van der Waals surface area contributed by atoms with Gasteiger partial charge in [-0.25, -0.2) is 0 Å². The van der Waals surface area contributed by atoms with Crippen molar-refractivity contribution in [1.29, 1.82) is 0 Å².